The monoisotopic (exact) mass is 552 g/mol. The molecule has 206 valence electrons. The number of methoxy groups -OCH3 is 2. The fraction of sp³-hybridized carbons (Fsp3) is 0.370. The Balaban J connectivity index is 1.64. The van der Waals surface area contributed by atoms with Gasteiger partial charge in [0.2, 0.25) is 11.7 Å². The fourth-order valence-corrected chi connectivity index (χ4v) is 4.67. The van der Waals surface area contributed by atoms with E-state index < -0.39 is 11.6 Å². The molecule has 0 fully saturated rings. The van der Waals surface area contributed by atoms with Crippen LogP contribution in [0.1, 0.15) is 43.2 Å². The molecule has 11 nitrogen and oxygen atoms in total. The van der Waals surface area contributed by atoms with Gasteiger partial charge in [0, 0.05) is 16.0 Å². The third-order valence-corrected chi connectivity index (χ3v) is 6.55. The van der Waals surface area contributed by atoms with E-state index in [0.29, 0.717) is 34.4 Å². The first-order chi connectivity index (χ1) is 18.6. The van der Waals surface area contributed by atoms with Crippen LogP contribution in [-0.4, -0.2) is 56.7 Å². The van der Waals surface area contributed by atoms with E-state index in [4.69, 9.17) is 13.9 Å². The molecule has 0 spiro atoms. The van der Waals surface area contributed by atoms with Gasteiger partial charge < -0.3 is 24.1 Å². The van der Waals surface area contributed by atoms with Gasteiger partial charge in [-0.2, -0.15) is 4.80 Å². The summed E-state index contributed by atoms with van der Waals surface area (Å²) in [5.41, 5.74) is 0.131. The highest BCUT2D eigenvalue weighted by molar-refractivity contribution is 7.09. The third kappa shape index (κ3) is 6.82. The highest BCUT2D eigenvalue weighted by atomic mass is 32.1. The topological polar surface area (TPSA) is 125 Å². The van der Waals surface area contributed by atoms with E-state index in [1.54, 1.807) is 51.5 Å². The Morgan fingerprint density at radius 3 is 2.51 bits per heavy atom. The molecule has 12 heteroatoms. The van der Waals surface area contributed by atoms with E-state index in [1.165, 1.54) is 21.0 Å². The molecule has 2 amide bonds. The summed E-state index contributed by atoms with van der Waals surface area (Å²) >= 11 is 1.50. The van der Waals surface area contributed by atoms with Crippen molar-refractivity contribution in [3.05, 3.63) is 64.2 Å². The lowest BCUT2D eigenvalue weighted by molar-refractivity contribution is -0.143. The van der Waals surface area contributed by atoms with E-state index in [2.05, 4.69) is 20.7 Å². The molecule has 1 aromatic carbocycles. The second kappa shape index (κ2) is 11.7. The summed E-state index contributed by atoms with van der Waals surface area (Å²) in [4.78, 5) is 31.0. The van der Waals surface area contributed by atoms with Gasteiger partial charge in [-0.05, 0) is 74.7 Å². The van der Waals surface area contributed by atoms with Crippen LogP contribution in [-0.2, 0) is 22.7 Å². The molecular formula is C27H32N6O5S. The maximum atomic E-state index is 13.8. The Kier molecular flexibility index (Phi) is 8.34. The molecule has 0 aliphatic rings. The molecule has 0 bridgehead atoms. The van der Waals surface area contributed by atoms with Gasteiger partial charge in [0.05, 0.1) is 20.8 Å². The molecule has 4 aromatic rings. The van der Waals surface area contributed by atoms with E-state index in [1.807, 2.05) is 38.3 Å². The zero-order valence-electron chi connectivity index (χ0n) is 22.8. The number of amides is 2. The number of carbonyl (C=O) groups is 2. The van der Waals surface area contributed by atoms with Gasteiger partial charge in [-0.25, -0.2) is 0 Å². The lowest BCUT2D eigenvalue weighted by Crippen LogP contribution is -2.49. The van der Waals surface area contributed by atoms with Crippen molar-refractivity contribution in [3.8, 4) is 22.9 Å². The van der Waals surface area contributed by atoms with Crippen molar-refractivity contribution in [1.29, 1.82) is 0 Å². The first kappa shape index (κ1) is 27.8. The number of thiophene rings is 1. The molecule has 0 saturated carbocycles. The molecule has 3 heterocycles. The number of aryl methyl sites for hydroxylation is 1. The first-order valence-corrected chi connectivity index (χ1v) is 13.2. The summed E-state index contributed by atoms with van der Waals surface area (Å²) in [6, 6.07) is 11.6. The van der Waals surface area contributed by atoms with Crippen LogP contribution >= 0.6 is 11.3 Å². The fourth-order valence-electron chi connectivity index (χ4n) is 3.97. The summed E-state index contributed by atoms with van der Waals surface area (Å²) in [5, 5.41) is 17.5. The number of benzene rings is 1. The van der Waals surface area contributed by atoms with Crippen LogP contribution in [0.15, 0.2) is 52.3 Å². The second-order valence-corrected chi connectivity index (χ2v) is 10.9. The van der Waals surface area contributed by atoms with Crippen molar-refractivity contribution in [2.75, 3.05) is 14.2 Å². The SMILES string of the molecule is COc1ccc(-c2nnn(CC(=O)N(Cc3cccs3)[C@H](C(=O)NC(C)(C)C)c3ccc(C)o3)n2)cc1OC. The van der Waals surface area contributed by atoms with Crippen molar-refractivity contribution in [2.24, 2.45) is 0 Å². The number of rotatable bonds is 10. The standard InChI is InChI=1S/C27H32N6O5S/c1-17-9-11-21(38-17)24(26(35)28-27(2,3)4)32(15-19-8-7-13-39-19)23(34)16-33-30-25(29-31-33)18-10-12-20(36-5)22(14-18)37-6/h7-14,24H,15-16H2,1-6H3,(H,28,35)/t24-/m0/s1. The molecule has 0 unspecified atom stereocenters. The Labute approximate surface area is 230 Å². The van der Waals surface area contributed by atoms with Gasteiger partial charge in [0.1, 0.15) is 18.1 Å². The smallest absolute Gasteiger partial charge is 0.251 e. The van der Waals surface area contributed by atoms with Gasteiger partial charge in [0.25, 0.3) is 5.91 Å². The molecule has 39 heavy (non-hydrogen) atoms. The van der Waals surface area contributed by atoms with E-state index in [-0.39, 0.29) is 24.9 Å². The summed E-state index contributed by atoms with van der Waals surface area (Å²) in [6.45, 7) is 7.42. The Hall–Kier alpha value is -4.19. The molecule has 0 aliphatic carbocycles. The first-order valence-electron chi connectivity index (χ1n) is 12.3. The normalized spacial score (nSPS) is 12.2. The van der Waals surface area contributed by atoms with Crippen LogP contribution in [0.3, 0.4) is 0 Å². The van der Waals surface area contributed by atoms with Crippen molar-refractivity contribution in [3.63, 3.8) is 0 Å². The molecule has 4 rings (SSSR count). The largest absolute Gasteiger partial charge is 0.493 e. The maximum absolute atomic E-state index is 13.8. The number of aromatic nitrogens is 4. The lowest BCUT2D eigenvalue weighted by Gasteiger charge is -2.32. The molecule has 0 saturated heterocycles. The third-order valence-electron chi connectivity index (χ3n) is 5.69. The van der Waals surface area contributed by atoms with E-state index in [9.17, 15) is 9.59 Å². The number of carbonyl (C=O) groups excluding carboxylic acids is 2. The number of nitrogens with zero attached hydrogens (tertiary/aromatic N) is 5. The summed E-state index contributed by atoms with van der Waals surface area (Å²) in [6.07, 6.45) is 0. The quantitative estimate of drug-likeness (QED) is 0.313. The number of furan rings is 1. The minimum Gasteiger partial charge on any atom is -0.493 e. The van der Waals surface area contributed by atoms with Crippen molar-refractivity contribution in [2.45, 2.75) is 52.4 Å². The predicted molar refractivity (Wildman–Crippen MR) is 145 cm³/mol. The maximum Gasteiger partial charge on any atom is 0.251 e. The van der Waals surface area contributed by atoms with Gasteiger partial charge in [-0.15, -0.1) is 21.5 Å². The highest BCUT2D eigenvalue weighted by Crippen LogP contribution is 2.31. The van der Waals surface area contributed by atoms with Gasteiger partial charge in [0.15, 0.2) is 17.5 Å². The number of ether oxygens (including phenoxy) is 2. The Bertz CT molecular complexity index is 1420. The van der Waals surface area contributed by atoms with Crippen LogP contribution in [0.25, 0.3) is 11.4 Å². The Morgan fingerprint density at radius 1 is 1.13 bits per heavy atom. The number of tetrazole rings is 1. The number of hydrogen-bond donors (Lipinski definition) is 1. The molecule has 0 radical (unpaired) electrons. The van der Waals surface area contributed by atoms with Crippen LogP contribution in [0.2, 0.25) is 0 Å². The molecule has 1 atom stereocenters. The highest BCUT2D eigenvalue weighted by Gasteiger charge is 2.36. The van der Waals surface area contributed by atoms with Gasteiger partial charge in [-0.3, -0.25) is 9.59 Å². The van der Waals surface area contributed by atoms with E-state index >= 15 is 0 Å². The van der Waals surface area contributed by atoms with Gasteiger partial charge >= 0.3 is 0 Å². The second-order valence-electron chi connectivity index (χ2n) is 9.90. The predicted octanol–water partition coefficient (Wildman–Crippen LogP) is 4.01. The van der Waals surface area contributed by atoms with Crippen molar-refractivity contribution >= 4 is 23.2 Å². The number of nitrogens with one attached hydrogen (secondary N) is 1. The average molecular weight is 553 g/mol. The molecular weight excluding hydrogens is 520 g/mol. The van der Waals surface area contributed by atoms with Crippen LogP contribution in [0.5, 0.6) is 11.5 Å². The average Bonchev–Trinajstić information content (AvgIpc) is 3.65. The number of hydrogen-bond acceptors (Lipinski definition) is 9. The lowest BCUT2D eigenvalue weighted by atomic mass is 10.1. The summed E-state index contributed by atoms with van der Waals surface area (Å²) in [7, 11) is 3.10. The summed E-state index contributed by atoms with van der Waals surface area (Å²) in [5.74, 6) is 1.70. The van der Waals surface area contributed by atoms with Crippen molar-refractivity contribution < 1.29 is 23.5 Å². The minimum atomic E-state index is -0.999. The molecule has 0 aliphatic heterocycles. The van der Waals surface area contributed by atoms with Crippen LogP contribution in [0, 0.1) is 6.92 Å². The molecule has 1 N–H and O–H groups in total. The van der Waals surface area contributed by atoms with E-state index in [0.717, 1.165) is 4.88 Å². The molecule has 3 aromatic heterocycles. The van der Waals surface area contributed by atoms with Crippen molar-refractivity contribution in [1.82, 2.24) is 30.4 Å². The van der Waals surface area contributed by atoms with Crippen LogP contribution in [0.4, 0.5) is 0 Å². The summed E-state index contributed by atoms with van der Waals surface area (Å²) < 4.78 is 16.5. The Morgan fingerprint density at radius 2 is 1.90 bits per heavy atom. The van der Waals surface area contributed by atoms with Gasteiger partial charge in [-0.1, -0.05) is 6.07 Å². The minimum absolute atomic E-state index is 0.204. The van der Waals surface area contributed by atoms with Crippen LogP contribution < -0.4 is 14.8 Å². The zero-order valence-corrected chi connectivity index (χ0v) is 23.6. The zero-order chi connectivity index (χ0) is 28.2.